The molecular weight excluding hydrogens is 338 g/mol. The third-order valence-corrected chi connectivity index (χ3v) is 5.87. The molecule has 4 nitrogen and oxygen atoms in total. The Morgan fingerprint density at radius 3 is 2.50 bits per heavy atom. The lowest BCUT2D eigenvalue weighted by Crippen LogP contribution is -2.41. The van der Waals surface area contributed by atoms with Crippen LogP contribution in [0.5, 0.6) is 0 Å². The van der Waals surface area contributed by atoms with Crippen molar-refractivity contribution >= 4 is 29.0 Å². The first-order valence-electron chi connectivity index (χ1n) is 8.23. The summed E-state index contributed by atoms with van der Waals surface area (Å²) in [5, 5.41) is 6.50. The molecule has 0 spiro atoms. The molecule has 1 aromatic heterocycles. The van der Waals surface area contributed by atoms with E-state index in [2.05, 4.69) is 61.2 Å². The Morgan fingerprint density at radius 1 is 0.958 bits per heavy atom. The van der Waals surface area contributed by atoms with Gasteiger partial charge in [-0.05, 0) is 45.5 Å². The van der Waals surface area contributed by atoms with Crippen molar-refractivity contribution < 1.29 is 4.74 Å². The number of ether oxygens (including phenoxy) is 1. The molecule has 3 heterocycles. The van der Waals surface area contributed by atoms with Gasteiger partial charge in [-0.2, -0.15) is 15.8 Å². The molecule has 0 aliphatic carbocycles. The Morgan fingerprint density at radius 2 is 1.75 bits per heavy atom. The Balaban J connectivity index is 1.31. The number of morpholine rings is 1. The normalized spacial score (nSPS) is 19.2. The fraction of sp³-hybridized carbons (Fsp3) is 0.333. The molecule has 24 heavy (non-hydrogen) atoms. The predicted molar refractivity (Wildman–Crippen MR) is 102 cm³/mol. The monoisotopic (exact) mass is 359 g/mol. The predicted octanol–water partition coefficient (Wildman–Crippen LogP) is 3.51. The summed E-state index contributed by atoms with van der Waals surface area (Å²) in [5.74, 6) is 0. The van der Waals surface area contributed by atoms with Gasteiger partial charge in [0.15, 0.2) is 0 Å². The van der Waals surface area contributed by atoms with Crippen LogP contribution < -0.4 is 5.43 Å². The van der Waals surface area contributed by atoms with E-state index in [4.69, 9.17) is 4.74 Å². The first-order chi connectivity index (χ1) is 11.9. The Labute approximate surface area is 151 Å². The molecule has 0 radical (unpaired) electrons. The first-order valence-corrected chi connectivity index (χ1v) is 10.0. The molecule has 0 atom stereocenters. The third-order valence-electron chi connectivity index (χ3n) is 4.32. The molecule has 2 aliphatic rings. The first kappa shape index (κ1) is 16.2. The highest BCUT2D eigenvalue weighted by Crippen LogP contribution is 2.28. The molecule has 1 N–H and O–H groups in total. The van der Waals surface area contributed by atoms with E-state index in [-0.39, 0.29) is 0 Å². The van der Waals surface area contributed by atoms with Gasteiger partial charge in [0.1, 0.15) is 0 Å². The maximum atomic E-state index is 5.40. The fourth-order valence-corrected chi connectivity index (χ4v) is 4.30. The molecule has 1 saturated heterocycles. The van der Waals surface area contributed by atoms with E-state index in [1.165, 1.54) is 22.4 Å². The van der Waals surface area contributed by atoms with Crippen molar-refractivity contribution in [1.82, 2.24) is 14.7 Å². The zero-order valence-electron chi connectivity index (χ0n) is 13.5. The number of nitrogens with zero attached hydrogens (tertiary/aromatic N) is 2. The second kappa shape index (κ2) is 7.72. The van der Waals surface area contributed by atoms with Crippen LogP contribution in [0.15, 0.2) is 46.5 Å². The van der Waals surface area contributed by atoms with Crippen LogP contribution in [-0.4, -0.2) is 48.7 Å². The van der Waals surface area contributed by atoms with E-state index >= 15 is 0 Å². The highest BCUT2D eigenvalue weighted by Gasteiger charge is 2.17. The van der Waals surface area contributed by atoms with Gasteiger partial charge in [0, 0.05) is 31.6 Å². The van der Waals surface area contributed by atoms with Gasteiger partial charge >= 0.3 is 0 Å². The van der Waals surface area contributed by atoms with Crippen molar-refractivity contribution in [1.29, 1.82) is 0 Å². The van der Waals surface area contributed by atoms with Gasteiger partial charge < -0.3 is 10.2 Å². The van der Waals surface area contributed by atoms with Crippen molar-refractivity contribution in [2.75, 3.05) is 39.4 Å². The summed E-state index contributed by atoms with van der Waals surface area (Å²) in [6, 6.07) is 10.9. The van der Waals surface area contributed by atoms with Crippen LogP contribution in [0.1, 0.15) is 5.56 Å². The summed E-state index contributed by atoms with van der Waals surface area (Å²) in [6.07, 6.45) is 0. The lowest BCUT2D eigenvalue weighted by Gasteiger charge is -2.28. The van der Waals surface area contributed by atoms with Gasteiger partial charge in [-0.1, -0.05) is 24.3 Å². The minimum absolute atomic E-state index is 0.862. The maximum Gasteiger partial charge on any atom is 0.0648 e. The van der Waals surface area contributed by atoms with Crippen LogP contribution in [0.2, 0.25) is 0 Å². The van der Waals surface area contributed by atoms with Crippen LogP contribution in [0, 0.1) is 0 Å². The number of hydrogen-bond acceptors (Lipinski definition) is 6. The van der Waals surface area contributed by atoms with Crippen LogP contribution in [0.25, 0.3) is 16.8 Å². The Hall–Kier alpha value is -1.31. The van der Waals surface area contributed by atoms with Crippen molar-refractivity contribution in [3.63, 3.8) is 0 Å². The van der Waals surface area contributed by atoms with E-state index in [1.54, 1.807) is 23.3 Å². The van der Waals surface area contributed by atoms with Gasteiger partial charge in [0.05, 0.1) is 18.9 Å². The van der Waals surface area contributed by atoms with Crippen LogP contribution in [0.4, 0.5) is 0 Å². The summed E-state index contributed by atoms with van der Waals surface area (Å²) in [5.41, 5.74) is 8.48. The lowest BCUT2D eigenvalue weighted by molar-refractivity contribution is 0.0360. The van der Waals surface area contributed by atoms with Crippen molar-refractivity contribution in [3.05, 3.63) is 52.1 Å². The molecular formula is C18H21N3OS2. The Kier molecular flexibility index (Phi) is 5.20. The van der Waals surface area contributed by atoms with Crippen molar-refractivity contribution in [2.24, 2.45) is 0 Å². The number of hydrogen-bond donors (Lipinski definition) is 1. The molecule has 0 saturated carbocycles. The van der Waals surface area contributed by atoms with Gasteiger partial charge in [-0.15, -0.1) is 0 Å². The average molecular weight is 360 g/mol. The molecule has 1 fully saturated rings. The molecule has 0 unspecified atom stereocenters. The van der Waals surface area contributed by atoms with Crippen LogP contribution in [-0.2, 0) is 4.74 Å². The molecule has 2 aromatic rings. The fourth-order valence-electron chi connectivity index (χ4n) is 2.87. The zero-order valence-corrected chi connectivity index (χ0v) is 15.1. The minimum atomic E-state index is 0.862. The SMILES string of the molecule is C1=C(c2ccc(-c3ccsc3)cc2)NN(CCN2CCOCC2)S1. The van der Waals surface area contributed by atoms with Crippen LogP contribution >= 0.6 is 23.3 Å². The molecule has 1 aromatic carbocycles. The summed E-state index contributed by atoms with van der Waals surface area (Å²) in [6.45, 7) is 5.88. The van der Waals surface area contributed by atoms with Gasteiger partial charge in [-0.3, -0.25) is 4.90 Å². The highest BCUT2D eigenvalue weighted by molar-refractivity contribution is 8.00. The quantitative estimate of drug-likeness (QED) is 0.825. The Bertz CT molecular complexity index is 679. The number of thiophene rings is 1. The topological polar surface area (TPSA) is 27.7 Å². The zero-order chi connectivity index (χ0) is 16.2. The number of benzene rings is 1. The second-order valence-electron chi connectivity index (χ2n) is 5.89. The van der Waals surface area contributed by atoms with Crippen molar-refractivity contribution in [2.45, 2.75) is 0 Å². The maximum absolute atomic E-state index is 5.40. The van der Waals surface area contributed by atoms with Gasteiger partial charge in [-0.25, -0.2) is 0 Å². The third kappa shape index (κ3) is 3.84. The second-order valence-corrected chi connectivity index (χ2v) is 7.56. The summed E-state index contributed by atoms with van der Waals surface area (Å²) < 4.78 is 7.60. The minimum Gasteiger partial charge on any atom is -0.379 e. The number of rotatable bonds is 5. The molecule has 4 rings (SSSR count). The standard InChI is InChI=1S/C18H21N3OS2/c1-3-16(4-2-15(1)17-5-12-23-13-17)18-14-24-21(19-18)7-6-20-8-10-22-11-9-20/h1-5,12-14,19H,6-11H2. The van der Waals surface area contributed by atoms with E-state index in [0.29, 0.717) is 0 Å². The molecule has 6 heteroatoms. The van der Waals surface area contributed by atoms with Crippen LogP contribution in [0.3, 0.4) is 0 Å². The molecule has 0 amide bonds. The summed E-state index contributed by atoms with van der Waals surface area (Å²) in [4.78, 5) is 2.46. The van der Waals surface area contributed by atoms with Gasteiger partial charge in [0.25, 0.3) is 0 Å². The van der Waals surface area contributed by atoms with Crippen molar-refractivity contribution in [3.8, 4) is 11.1 Å². The smallest absolute Gasteiger partial charge is 0.0648 e. The molecule has 126 valence electrons. The number of nitrogens with one attached hydrogen (secondary N) is 1. The largest absolute Gasteiger partial charge is 0.379 e. The van der Waals surface area contributed by atoms with E-state index < -0.39 is 0 Å². The molecule has 0 bridgehead atoms. The summed E-state index contributed by atoms with van der Waals surface area (Å²) >= 11 is 3.48. The highest BCUT2D eigenvalue weighted by atomic mass is 32.2. The van der Waals surface area contributed by atoms with E-state index in [1.807, 2.05) is 0 Å². The average Bonchev–Trinajstić information content (AvgIpc) is 3.33. The van der Waals surface area contributed by atoms with Gasteiger partial charge in [0.2, 0.25) is 0 Å². The van der Waals surface area contributed by atoms with E-state index in [0.717, 1.165) is 39.4 Å². The lowest BCUT2D eigenvalue weighted by atomic mass is 10.1. The summed E-state index contributed by atoms with van der Waals surface area (Å²) in [7, 11) is 0. The number of hydrazine groups is 1. The molecule has 2 aliphatic heterocycles. The van der Waals surface area contributed by atoms with E-state index in [9.17, 15) is 0 Å².